The van der Waals surface area contributed by atoms with Gasteiger partial charge in [-0.15, -0.1) is 0 Å². The van der Waals surface area contributed by atoms with Crippen molar-refractivity contribution in [1.82, 2.24) is 4.90 Å². The minimum absolute atomic E-state index is 0.0752. The van der Waals surface area contributed by atoms with Gasteiger partial charge in [-0.05, 0) is 50.5 Å². The SMILES string of the molecule is CC(C(=O)O)N(CCCS(=O)(=O)c1ccc(F)cc1)C1CC1. The van der Waals surface area contributed by atoms with E-state index >= 15 is 0 Å². The van der Waals surface area contributed by atoms with Crippen LogP contribution in [0.4, 0.5) is 4.39 Å². The maximum atomic E-state index is 12.8. The molecule has 0 bridgehead atoms. The summed E-state index contributed by atoms with van der Waals surface area (Å²) < 4.78 is 37.1. The minimum Gasteiger partial charge on any atom is -0.480 e. The van der Waals surface area contributed by atoms with E-state index in [4.69, 9.17) is 5.11 Å². The van der Waals surface area contributed by atoms with Gasteiger partial charge in [0.05, 0.1) is 10.6 Å². The normalized spacial score (nSPS) is 16.7. The van der Waals surface area contributed by atoms with Crippen LogP contribution in [0.3, 0.4) is 0 Å². The summed E-state index contributed by atoms with van der Waals surface area (Å²) in [5, 5.41) is 9.10. The number of carboxylic acids is 1. The van der Waals surface area contributed by atoms with Crippen LogP contribution in [-0.2, 0) is 14.6 Å². The Morgan fingerprint density at radius 1 is 1.36 bits per heavy atom. The molecule has 1 aromatic rings. The average molecular weight is 329 g/mol. The van der Waals surface area contributed by atoms with Gasteiger partial charge in [-0.1, -0.05) is 0 Å². The van der Waals surface area contributed by atoms with Gasteiger partial charge in [-0.25, -0.2) is 12.8 Å². The highest BCUT2D eigenvalue weighted by molar-refractivity contribution is 7.91. The number of carboxylic acid groups (broad SMARTS) is 1. The summed E-state index contributed by atoms with van der Waals surface area (Å²) in [6.45, 7) is 2.05. The van der Waals surface area contributed by atoms with E-state index in [0.717, 1.165) is 25.0 Å². The lowest BCUT2D eigenvalue weighted by Gasteiger charge is -2.25. The molecule has 5 nitrogen and oxygen atoms in total. The van der Waals surface area contributed by atoms with Crippen LogP contribution in [0.1, 0.15) is 26.2 Å². The molecule has 7 heteroatoms. The molecule has 2 rings (SSSR count). The fraction of sp³-hybridized carbons (Fsp3) is 0.533. The van der Waals surface area contributed by atoms with E-state index in [-0.39, 0.29) is 16.7 Å². The van der Waals surface area contributed by atoms with Crippen LogP contribution < -0.4 is 0 Å². The number of rotatable bonds is 8. The number of sulfone groups is 1. The number of halogens is 1. The van der Waals surface area contributed by atoms with Gasteiger partial charge >= 0.3 is 5.97 Å². The van der Waals surface area contributed by atoms with Crippen molar-refractivity contribution in [2.75, 3.05) is 12.3 Å². The van der Waals surface area contributed by atoms with Crippen molar-refractivity contribution in [2.24, 2.45) is 0 Å². The molecule has 1 aromatic carbocycles. The summed E-state index contributed by atoms with van der Waals surface area (Å²) in [6.07, 6.45) is 2.28. The lowest BCUT2D eigenvalue weighted by Crippen LogP contribution is -2.41. The van der Waals surface area contributed by atoms with Crippen LogP contribution in [0.5, 0.6) is 0 Å². The fourth-order valence-corrected chi connectivity index (χ4v) is 3.73. The van der Waals surface area contributed by atoms with Gasteiger partial charge in [-0.2, -0.15) is 0 Å². The van der Waals surface area contributed by atoms with E-state index in [9.17, 15) is 17.6 Å². The molecule has 0 aliphatic heterocycles. The zero-order valence-corrected chi connectivity index (χ0v) is 13.2. The highest BCUT2D eigenvalue weighted by atomic mass is 32.2. The highest BCUT2D eigenvalue weighted by Gasteiger charge is 2.34. The van der Waals surface area contributed by atoms with Crippen LogP contribution in [0.15, 0.2) is 29.2 Å². The molecule has 0 radical (unpaired) electrons. The van der Waals surface area contributed by atoms with E-state index in [1.54, 1.807) is 6.92 Å². The summed E-state index contributed by atoms with van der Waals surface area (Å²) in [7, 11) is -3.46. The molecule has 22 heavy (non-hydrogen) atoms. The number of carbonyl (C=O) groups is 1. The summed E-state index contributed by atoms with van der Waals surface area (Å²) in [4.78, 5) is 13.0. The molecule has 1 fully saturated rings. The van der Waals surface area contributed by atoms with Crippen LogP contribution in [0, 0.1) is 5.82 Å². The van der Waals surface area contributed by atoms with Crippen LogP contribution in [0.25, 0.3) is 0 Å². The Morgan fingerprint density at radius 3 is 2.45 bits per heavy atom. The summed E-state index contributed by atoms with van der Waals surface area (Å²) in [5.74, 6) is -1.45. The molecule has 0 spiro atoms. The lowest BCUT2D eigenvalue weighted by atomic mass is 10.2. The Hall–Kier alpha value is -1.47. The van der Waals surface area contributed by atoms with Crippen molar-refractivity contribution < 1.29 is 22.7 Å². The largest absolute Gasteiger partial charge is 0.480 e. The third-order valence-corrected chi connectivity index (χ3v) is 5.69. The number of hydrogen-bond donors (Lipinski definition) is 1. The van der Waals surface area contributed by atoms with Crippen molar-refractivity contribution in [1.29, 1.82) is 0 Å². The third-order valence-electron chi connectivity index (χ3n) is 3.87. The van der Waals surface area contributed by atoms with Crippen LogP contribution in [0.2, 0.25) is 0 Å². The Labute approximate surface area is 129 Å². The average Bonchev–Trinajstić information content (AvgIpc) is 3.28. The summed E-state index contributed by atoms with van der Waals surface area (Å²) >= 11 is 0. The van der Waals surface area contributed by atoms with Gasteiger partial charge in [0.25, 0.3) is 0 Å². The molecule has 1 atom stereocenters. The van der Waals surface area contributed by atoms with E-state index in [0.29, 0.717) is 13.0 Å². The van der Waals surface area contributed by atoms with Gasteiger partial charge in [0.1, 0.15) is 11.9 Å². The zero-order chi connectivity index (χ0) is 16.3. The fourth-order valence-electron chi connectivity index (χ4n) is 2.44. The Bertz CT molecular complexity index is 625. The molecule has 0 amide bonds. The maximum Gasteiger partial charge on any atom is 0.320 e. The predicted molar refractivity (Wildman–Crippen MR) is 79.9 cm³/mol. The van der Waals surface area contributed by atoms with E-state index in [2.05, 4.69) is 0 Å². The van der Waals surface area contributed by atoms with E-state index in [1.807, 2.05) is 4.90 Å². The van der Waals surface area contributed by atoms with Crippen molar-refractivity contribution in [2.45, 2.75) is 43.2 Å². The molecule has 1 saturated carbocycles. The first-order valence-corrected chi connectivity index (χ1v) is 8.93. The molecule has 0 saturated heterocycles. The van der Waals surface area contributed by atoms with Crippen molar-refractivity contribution in [3.05, 3.63) is 30.1 Å². The second kappa shape index (κ2) is 6.75. The lowest BCUT2D eigenvalue weighted by molar-refractivity contribution is -0.142. The molecule has 0 heterocycles. The van der Waals surface area contributed by atoms with Crippen molar-refractivity contribution in [3.63, 3.8) is 0 Å². The van der Waals surface area contributed by atoms with E-state index in [1.165, 1.54) is 12.1 Å². The van der Waals surface area contributed by atoms with Crippen molar-refractivity contribution >= 4 is 15.8 Å². The predicted octanol–water partition coefficient (Wildman–Crippen LogP) is 1.93. The van der Waals surface area contributed by atoms with Crippen LogP contribution in [-0.4, -0.2) is 48.8 Å². The highest BCUT2D eigenvalue weighted by Crippen LogP contribution is 2.29. The van der Waals surface area contributed by atoms with Crippen LogP contribution >= 0.6 is 0 Å². The van der Waals surface area contributed by atoms with Gasteiger partial charge in [-0.3, -0.25) is 9.69 Å². The first-order chi connectivity index (χ1) is 10.3. The number of nitrogens with zero attached hydrogens (tertiary/aromatic N) is 1. The number of hydrogen-bond acceptors (Lipinski definition) is 4. The molecule has 1 N–H and O–H groups in total. The van der Waals surface area contributed by atoms with Gasteiger partial charge < -0.3 is 5.11 Å². The standard InChI is InChI=1S/C15H20FNO4S/c1-11(15(18)19)17(13-5-6-13)9-2-10-22(20,21)14-7-3-12(16)4-8-14/h3-4,7-8,11,13H,2,5-6,9-10H2,1H3,(H,18,19). The van der Waals surface area contributed by atoms with Gasteiger partial charge in [0.15, 0.2) is 9.84 Å². The van der Waals surface area contributed by atoms with Gasteiger partial charge in [0.2, 0.25) is 0 Å². The molecule has 1 aliphatic rings. The molecular formula is C15H20FNO4S. The third kappa shape index (κ3) is 4.27. The minimum atomic E-state index is -3.46. The molecule has 122 valence electrons. The molecule has 0 aromatic heterocycles. The second-order valence-electron chi connectivity index (χ2n) is 5.61. The first-order valence-electron chi connectivity index (χ1n) is 7.28. The number of benzene rings is 1. The monoisotopic (exact) mass is 329 g/mol. The second-order valence-corrected chi connectivity index (χ2v) is 7.72. The Kier molecular flexibility index (Phi) is 5.18. The summed E-state index contributed by atoms with van der Waals surface area (Å²) in [5.41, 5.74) is 0. The van der Waals surface area contributed by atoms with E-state index < -0.39 is 27.7 Å². The quantitative estimate of drug-likeness (QED) is 0.738. The van der Waals surface area contributed by atoms with Crippen molar-refractivity contribution in [3.8, 4) is 0 Å². The number of aliphatic carboxylic acids is 1. The zero-order valence-electron chi connectivity index (χ0n) is 12.4. The molecular weight excluding hydrogens is 309 g/mol. The van der Waals surface area contributed by atoms with Gasteiger partial charge in [0, 0.05) is 12.6 Å². The molecule has 1 unspecified atom stereocenters. The Balaban J connectivity index is 1.94. The summed E-state index contributed by atoms with van der Waals surface area (Å²) in [6, 6.07) is 4.39. The first kappa shape index (κ1) is 16.9. The Morgan fingerprint density at radius 2 is 1.95 bits per heavy atom. The smallest absolute Gasteiger partial charge is 0.320 e. The maximum absolute atomic E-state index is 12.8. The molecule has 1 aliphatic carbocycles. The topological polar surface area (TPSA) is 74.7 Å².